The Bertz CT molecular complexity index is 1450. The van der Waals surface area contributed by atoms with Gasteiger partial charge in [0, 0.05) is 31.8 Å². The molecule has 3 heterocycles. The summed E-state index contributed by atoms with van der Waals surface area (Å²) < 4.78 is 35.0. The predicted octanol–water partition coefficient (Wildman–Crippen LogP) is 3.20. The molecule has 1 amide bonds. The summed E-state index contributed by atoms with van der Waals surface area (Å²) >= 11 is 0. The summed E-state index contributed by atoms with van der Waals surface area (Å²) in [4.78, 5) is 27.8. The number of fused-ring (bicyclic) bond motifs is 2. The normalized spacial score (nSPS) is 13.1. The summed E-state index contributed by atoms with van der Waals surface area (Å²) in [5.74, 6) is -0.342. The van der Waals surface area contributed by atoms with Crippen LogP contribution in [0, 0.1) is 11.6 Å². The number of nitrogens with two attached hydrogens (primary N) is 1. The van der Waals surface area contributed by atoms with Crippen LogP contribution in [0.2, 0.25) is 0 Å². The van der Waals surface area contributed by atoms with Gasteiger partial charge in [-0.3, -0.25) is 4.79 Å². The van der Waals surface area contributed by atoms with E-state index in [-0.39, 0.29) is 34.4 Å². The summed E-state index contributed by atoms with van der Waals surface area (Å²) in [5, 5.41) is 3.30. The Labute approximate surface area is 199 Å². The highest BCUT2D eigenvalue weighted by molar-refractivity contribution is 6.04. The first-order valence-corrected chi connectivity index (χ1v) is 11.0. The Kier molecular flexibility index (Phi) is 5.67. The van der Waals surface area contributed by atoms with Crippen LogP contribution in [-0.2, 0) is 13.0 Å². The van der Waals surface area contributed by atoms with Crippen LogP contribution in [0.3, 0.4) is 0 Å². The maximum Gasteiger partial charge on any atom is 0.304 e. The molecule has 0 fully saturated rings. The van der Waals surface area contributed by atoms with E-state index in [9.17, 15) is 13.6 Å². The standard InChI is InChI=1S/C24H23F2N7O2/c1-32-8-4-7-16-21(28-12-13-5-3-6-14(25)9-13)30-23(31-22(16)32)33-18-11-15(26)10-17(20(27)34)19(18)29-24(33)35-2/h3,5-6,9-11H,4,7-8,12H2,1-2H3,(H2,27,34)(H,28,30,31). The Hall–Kier alpha value is -4.28. The van der Waals surface area contributed by atoms with Gasteiger partial charge >= 0.3 is 6.01 Å². The number of amides is 1. The Balaban J connectivity index is 1.68. The van der Waals surface area contributed by atoms with Gasteiger partial charge in [0.25, 0.3) is 5.91 Å². The molecule has 35 heavy (non-hydrogen) atoms. The smallest absolute Gasteiger partial charge is 0.304 e. The Morgan fingerprint density at radius 2 is 2.00 bits per heavy atom. The van der Waals surface area contributed by atoms with Crippen molar-refractivity contribution in [3.05, 3.63) is 64.7 Å². The van der Waals surface area contributed by atoms with E-state index in [1.54, 1.807) is 6.07 Å². The van der Waals surface area contributed by atoms with E-state index in [1.165, 1.54) is 29.9 Å². The minimum Gasteiger partial charge on any atom is -0.468 e. The van der Waals surface area contributed by atoms with Crippen molar-refractivity contribution in [2.75, 3.05) is 30.9 Å². The molecule has 0 saturated heterocycles. The van der Waals surface area contributed by atoms with Crippen molar-refractivity contribution in [3.63, 3.8) is 0 Å². The van der Waals surface area contributed by atoms with Crippen LogP contribution in [0.25, 0.3) is 17.0 Å². The number of hydrogen-bond donors (Lipinski definition) is 2. The first kappa shape index (κ1) is 22.5. The third-order valence-corrected chi connectivity index (χ3v) is 5.95. The monoisotopic (exact) mass is 479 g/mol. The van der Waals surface area contributed by atoms with Crippen LogP contribution in [-0.4, -0.2) is 46.1 Å². The first-order chi connectivity index (χ1) is 16.9. The quantitative estimate of drug-likeness (QED) is 0.437. The second-order valence-electron chi connectivity index (χ2n) is 8.30. The molecule has 4 aromatic rings. The van der Waals surface area contributed by atoms with E-state index in [0.29, 0.717) is 18.2 Å². The summed E-state index contributed by atoms with van der Waals surface area (Å²) in [6.45, 7) is 1.14. The molecule has 0 aliphatic carbocycles. The lowest BCUT2D eigenvalue weighted by atomic mass is 10.1. The molecule has 9 nitrogen and oxygen atoms in total. The molecule has 2 aromatic carbocycles. The molecule has 1 aliphatic heterocycles. The third-order valence-electron chi connectivity index (χ3n) is 5.95. The number of hydrogen-bond acceptors (Lipinski definition) is 7. The minimum absolute atomic E-state index is 0.0718. The number of rotatable bonds is 6. The number of carbonyl (C=O) groups is 1. The van der Waals surface area contributed by atoms with Gasteiger partial charge in [0.1, 0.15) is 28.8 Å². The summed E-state index contributed by atoms with van der Waals surface area (Å²) in [6.07, 6.45) is 1.68. The van der Waals surface area contributed by atoms with Crippen LogP contribution >= 0.6 is 0 Å². The van der Waals surface area contributed by atoms with Gasteiger partial charge in [0.2, 0.25) is 5.95 Å². The maximum absolute atomic E-state index is 14.4. The zero-order valence-corrected chi connectivity index (χ0v) is 19.2. The molecule has 0 spiro atoms. The molecule has 0 radical (unpaired) electrons. The number of primary amides is 1. The van der Waals surface area contributed by atoms with Gasteiger partial charge in [-0.05, 0) is 36.6 Å². The fourth-order valence-corrected chi connectivity index (χ4v) is 4.32. The molecule has 5 rings (SSSR count). The van der Waals surface area contributed by atoms with Gasteiger partial charge in [0.15, 0.2) is 0 Å². The lowest BCUT2D eigenvalue weighted by molar-refractivity contribution is 0.100. The molecular formula is C24H23F2N7O2. The Morgan fingerprint density at radius 3 is 2.74 bits per heavy atom. The van der Waals surface area contributed by atoms with Crippen molar-refractivity contribution in [1.29, 1.82) is 0 Å². The SMILES string of the molecule is COc1nc2c(C(N)=O)cc(F)cc2n1-c1nc(NCc2cccc(F)c2)c2c(n1)N(C)CCC2. The number of methoxy groups -OCH3 is 1. The molecule has 0 bridgehead atoms. The van der Waals surface area contributed by atoms with Gasteiger partial charge in [-0.1, -0.05) is 12.1 Å². The molecule has 0 saturated carbocycles. The lowest BCUT2D eigenvalue weighted by Crippen LogP contribution is -2.28. The van der Waals surface area contributed by atoms with Crippen LogP contribution < -0.4 is 20.7 Å². The minimum atomic E-state index is -0.814. The van der Waals surface area contributed by atoms with Crippen molar-refractivity contribution in [1.82, 2.24) is 19.5 Å². The average Bonchev–Trinajstić information content (AvgIpc) is 3.20. The van der Waals surface area contributed by atoms with E-state index in [0.717, 1.165) is 36.6 Å². The first-order valence-electron chi connectivity index (χ1n) is 11.0. The number of nitrogens with one attached hydrogen (secondary N) is 1. The molecule has 3 N–H and O–H groups in total. The number of imidazole rings is 1. The fourth-order valence-electron chi connectivity index (χ4n) is 4.32. The van der Waals surface area contributed by atoms with Crippen LogP contribution in [0.5, 0.6) is 6.01 Å². The van der Waals surface area contributed by atoms with Crippen LogP contribution in [0.15, 0.2) is 36.4 Å². The highest BCUT2D eigenvalue weighted by Crippen LogP contribution is 2.34. The van der Waals surface area contributed by atoms with E-state index in [2.05, 4.69) is 10.3 Å². The second-order valence-corrected chi connectivity index (χ2v) is 8.30. The van der Waals surface area contributed by atoms with E-state index < -0.39 is 11.7 Å². The van der Waals surface area contributed by atoms with Gasteiger partial charge in [0.05, 0.1) is 18.2 Å². The summed E-state index contributed by atoms with van der Waals surface area (Å²) in [5.41, 5.74) is 7.48. The molecule has 180 valence electrons. The largest absolute Gasteiger partial charge is 0.468 e. The van der Waals surface area contributed by atoms with Crippen molar-refractivity contribution in [3.8, 4) is 12.0 Å². The van der Waals surface area contributed by atoms with Crippen molar-refractivity contribution >= 4 is 28.6 Å². The second kappa shape index (κ2) is 8.82. The highest BCUT2D eigenvalue weighted by Gasteiger charge is 2.26. The molecule has 11 heteroatoms. The number of anilines is 2. The molecule has 2 aromatic heterocycles. The van der Waals surface area contributed by atoms with Gasteiger partial charge in [-0.25, -0.2) is 13.3 Å². The van der Waals surface area contributed by atoms with Gasteiger partial charge in [-0.2, -0.15) is 15.0 Å². The highest BCUT2D eigenvalue weighted by atomic mass is 19.1. The van der Waals surface area contributed by atoms with Crippen molar-refractivity contribution < 1.29 is 18.3 Å². The van der Waals surface area contributed by atoms with E-state index in [4.69, 9.17) is 20.4 Å². The number of nitrogens with zero attached hydrogens (tertiary/aromatic N) is 5. The molecule has 0 unspecified atom stereocenters. The molecule has 1 aliphatic rings. The predicted molar refractivity (Wildman–Crippen MR) is 127 cm³/mol. The van der Waals surface area contributed by atoms with E-state index >= 15 is 0 Å². The van der Waals surface area contributed by atoms with Crippen LogP contribution in [0.4, 0.5) is 20.4 Å². The molecular weight excluding hydrogens is 456 g/mol. The summed E-state index contributed by atoms with van der Waals surface area (Å²) in [6, 6.07) is 8.64. The number of aromatic nitrogens is 4. The van der Waals surface area contributed by atoms with Crippen LogP contribution in [0.1, 0.15) is 27.9 Å². The van der Waals surface area contributed by atoms with E-state index in [1.807, 2.05) is 18.0 Å². The zero-order chi connectivity index (χ0) is 24.7. The number of benzene rings is 2. The lowest BCUT2D eigenvalue weighted by Gasteiger charge is -2.28. The maximum atomic E-state index is 14.4. The third kappa shape index (κ3) is 4.09. The zero-order valence-electron chi connectivity index (χ0n) is 19.2. The number of ether oxygens (including phenoxy) is 1. The Morgan fingerprint density at radius 1 is 1.17 bits per heavy atom. The van der Waals surface area contributed by atoms with Crippen molar-refractivity contribution in [2.45, 2.75) is 19.4 Å². The topological polar surface area (TPSA) is 111 Å². The van der Waals surface area contributed by atoms with Crippen molar-refractivity contribution in [2.24, 2.45) is 5.73 Å². The molecule has 0 atom stereocenters. The number of halogens is 2. The average molecular weight is 479 g/mol. The number of carbonyl (C=O) groups excluding carboxylic acids is 1. The fraction of sp³-hybridized carbons (Fsp3) is 0.250. The summed E-state index contributed by atoms with van der Waals surface area (Å²) in [7, 11) is 3.34. The van der Waals surface area contributed by atoms with Gasteiger partial charge < -0.3 is 20.7 Å². The van der Waals surface area contributed by atoms with Gasteiger partial charge in [-0.15, -0.1) is 0 Å².